The van der Waals surface area contributed by atoms with Gasteiger partial charge in [0.15, 0.2) is 0 Å². The minimum absolute atomic E-state index is 0.0310. The third kappa shape index (κ3) is 3.70. The third-order valence-electron chi connectivity index (χ3n) is 5.73. The maximum absolute atomic E-state index is 12.7. The van der Waals surface area contributed by atoms with E-state index in [1.807, 2.05) is 55.7 Å². The van der Waals surface area contributed by atoms with Crippen molar-refractivity contribution in [3.8, 4) is 0 Å². The summed E-state index contributed by atoms with van der Waals surface area (Å²) in [5, 5.41) is 8.40. The Morgan fingerprint density at radius 2 is 1.97 bits per heavy atom. The van der Waals surface area contributed by atoms with Crippen LogP contribution in [-0.4, -0.2) is 65.8 Å². The molecule has 2 fully saturated rings. The first-order valence-electron chi connectivity index (χ1n) is 10.2. The average molecular weight is 405 g/mol. The Bertz CT molecular complexity index is 1040. The Balaban J connectivity index is 1.15. The zero-order valence-electron chi connectivity index (χ0n) is 16.6. The van der Waals surface area contributed by atoms with Crippen LogP contribution < -0.4 is 0 Å². The van der Waals surface area contributed by atoms with Gasteiger partial charge in [0.2, 0.25) is 5.91 Å². The molecule has 3 aromatic rings. The van der Waals surface area contributed by atoms with E-state index in [-0.39, 0.29) is 17.9 Å². The Hall–Kier alpha value is -3.49. The van der Waals surface area contributed by atoms with Crippen molar-refractivity contribution in [3.05, 3.63) is 66.0 Å². The molecule has 9 nitrogen and oxygen atoms in total. The first-order chi connectivity index (χ1) is 14.7. The van der Waals surface area contributed by atoms with Gasteiger partial charge in [-0.25, -0.2) is 9.67 Å². The molecular weight excluding hydrogens is 382 g/mol. The monoisotopic (exact) mass is 405 g/mol. The summed E-state index contributed by atoms with van der Waals surface area (Å²) in [4.78, 5) is 32.2. The fourth-order valence-electron chi connectivity index (χ4n) is 3.95. The lowest BCUT2D eigenvalue weighted by molar-refractivity contribution is -0.128. The second kappa shape index (κ2) is 7.74. The van der Waals surface area contributed by atoms with Gasteiger partial charge in [-0.2, -0.15) is 0 Å². The summed E-state index contributed by atoms with van der Waals surface area (Å²) < 4.78 is 3.80. The van der Waals surface area contributed by atoms with Gasteiger partial charge >= 0.3 is 0 Å². The van der Waals surface area contributed by atoms with Gasteiger partial charge in [-0.1, -0.05) is 17.3 Å². The first kappa shape index (κ1) is 18.5. The normalized spacial score (nSPS) is 16.9. The van der Waals surface area contributed by atoms with E-state index in [4.69, 9.17) is 0 Å². The van der Waals surface area contributed by atoms with Gasteiger partial charge in [0, 0.05) is 50.6 Å². The molecule has 0 spiro atoms. The lowest BCUT2D eigenvalue weighted by Crippen LogP contribution is -2.50. The molecule has 0 radical (unpaired) electrons. The second-order valence-corrected chi connectivity index (χ2v) is 7.90. The van der Waals surface area contributed by atoms with Crippen molar-refractivity contribution in [2.45, 2.75) is 32.0 Å². The lowest BCUT2D eigenvalue weighted by Gasteiger charge is -2.38. The van der Waals surface area contributed by atoms with Crippen LogP contribution in [0.25, 0.3) is 0 Å². The Kier molecular flexibility index (Phi) is 4.78. The van der Waals surface area contributed by atoms with Gasteiger partial charge < -0.3 is 14.4 Å². The maximum atomic E-state index is 12.7. The van der Waals surface area contributed by atoms with Crippen LogP contribution in [0.5, 0.6) is 0 Å². The first-order valence-corrected chi connectivity index (χ1v) is 10.2. The van der Waals surface area contributed by atoms with Crippen molar-refractivity contribution in [2.24, 2.45) is 0 Å². The second-order valence-electron chi connectivity index (χ2n) is 7.90. The maximum Gasteiger partial charge on any atom is 0.253 e. The summed E-state index contributed by atoms with van der Waals surface area (Å²) in [7, 11) is 0. The standard InChI is InChI=1S/C21H23N7O2/c29-20-2-1-8-26(20)11-18-12-28(24-23-18)19-13-27(14-19)21(30)17-5-3-16(4-6-17)10-25-9-7-22-15-25/h3-7,9,12,15,19H,1-2,8,10-11,13-14H2. The minimum Gasteiger partial charge on any atom is -0.337 e. The smallest absolute Gasteiger partial charge is 0.253 e. The van der Waals surface area contributed by atoms with E-state index in [9.17, 15) is 9.59 Å². The molecule has 2 saturated heterocycles. The number of carbonyl (C=O) groups excluding carboxylic acids is 2. The number of hydrogen-bond acceptors (Lipinski definition) is 5. The number of imidazole rings is 1. The van der Waals surface area contributed by atoms with E-state index in [2.05, 4.69) is 15.3 Å². The summed E-state index contributed by atoms with van der Waals surface area (Å²) in [5.41, 5.74) is 2.61. The van der Waals surface area contributed by atoms with Crippen molar-refractivity contribution in [3.63, 3.8) is 0 Å². The topological polar surface area (TPSA) is 89.2 Å². The molecule has 0 N–H and O–H groups in total. The molecule has 154 valence electrons. The molecule has 2 aromatic heterocycles. The number of nitrogens with zero attached hydrogens (tertiary/aromatic N) is 7. The van der Waals surface area contributed by atoms with Crippen LogP contribution in [0.1, 0.15) is 40.5 Å². The summed E-state index contributed by atoms with van der Waals surface area (Å²) in [5.74, 6) is 0.212. The zero-order valence-corrected chi connectivity index (χ0v) is 16.6. The van der Waals surface area contributed by atoms with Crippen LogP contribution in [0.2, 0.25) is 0 Å². The Morgan fingerprint density at radius 3 is 2.67 bits per heavy atom. The van der Waals surface area contributed by atoms with Gasteiger partial charge in [-0.15, -0.1) is 5.10 Å². The summed E-state index contributed by atoms with van der Waals surface area (Å²) >= 11 is 0. The van der Waals surface area contributed by atoms with Crippen molar-refractivity contribution < 1.29 is 9.59 Å². The van der Waals surface area contributed by atoms with Crippen LogP contribution in [0.4, 0.5) is 0 Å². The Labute approximate surface area is 173 Å². The van der Waals surface area contributed by atoms with Crippen molar-refractivity contribution in [2.75, 3.05) is 19.6 Å². The van der Waals surface area contributed by atoms with Crippen LogP contribution in [0, 0.1) is 0 Å². The van der Waals surface area contributed by atoms with E-state index in [0.29, 0.717) is 31.6 Å². The average Bonchev–Trinajstić information content (AvgIpc) is 3.46. The molecule has 2 aliphatic rings. The number of likely N-dealkylation sites (tertiary alicyclic amines) is 2. The van der Waals surface area contributed by atoms with Gasteiger partial charge in [0.1, 0.15) is 5.69 Å². The number of benzene rings is 1. The molecule has 2 amide bonds. The van der Waals surface area contributed by atoms with E-state index < -0.39 is 0 Å². The molecule has 4 heterocycles. The van der Waals surface area contributed by atoms with E-state index >= 15 is 0 Å². The molecule has 0 saturated carbocycles. The molecule has 0 bridgehead atoms. The van der Waals surface area contributed by atoms with E-state index in [0.717, 1.165) is 30.8 Å². The predicted molar refractivity (Wildman–Crippen MR) is 107 cm³/mol. The lowest BCUT2D eigenvalue weighted by atomic mass is 10.1. The van der Waals surface area contributed by atoms with Crippen molar-refractivity contribution in [1.82, 2.24) is 34.3 Å². The predicted octanol–water partition coefficient (Wildman–Crippen LogP) is 1.34. The minimum atomic E-state index is 0.0310. The van der Waals surface area contributed by atoms with E-state index in [1.54, 1.807) is 12.5 Å². The van der Waals surface area contributed by atoms with Gasteiger partial charge in [0.25, 0.3) is 5.91 Å². The Morgan fingerprint density at radius 1 is 1.13 bits per heavy atom. The fourth-order valence-corrected chi connectivity index (χ4v) is 3.95. The highest BCUT2D eigenvalue weighted by atomic mass is 16.2. The fraction of sp³-hybridized carbons (Fsp3) is 0.381. The number of aromatic nitrogens is 5. The van der Waals surface area contributed by atoms with Crippen molar-refractivity contribution >= 4 is 11.8 Å². The number of carbonyl (C=O) groups is 2. The zero-order chi connectivity index (χ0) is 20.5. The molecular formula is C21H23N7O2. The SMILES string of the molecule is O=C1CCCN1Cc1cn(C2CN(C(=O)c3ccc(Cn4ccnc4)cc3)C2)nn1. The molecule has 30 heavy (non-hydrogen) atoms. The highest BCUT2D eigenvalue weighted by molar-refractivity contribution is 5.94. The third-order valence-corrected chi connectivity index (χ3v) is 5.73. The summed E-state index contributed by atoms with van der Waals surface area (Å²) in [6.07, 6.45) is 8.87. The molecule has 1 aromatic carbocycles. The quantitative estimate of drug-likeness (QED) is 0.618. The van der Waals surface area contributed by atoms with Gasteiger partial charge in [0.05, 0.1) is 25.1 Å². The van der Waals surface area contributed by atoms with E-state index in [1.165, 1.54) is 0 Å². The number of amides is 2. The molecule has 2 aliphatic heterocycles. The van der Waals surface area contributed by atoms with Crippen LogP contribution in [0.15, 0.2) is 49.2 Å². The van der Waals surface area contributed by atoms with Crippen LogP contribution in [0.3, 0.4) is 0 Å². The number of hydrogen-bond donors (Lipinski definition) is 0. The van der Waals surface area contributed by atoms with Gasteiger partial charge in [-0.05, 0) is 24.1 Å². The van der Waals surface area contributed by atoms with Crippen molar-refractivity contribution in [1.29, 1.82) is 0 Å². The highest BCUT2D eigenvalue weighted by Crippen LogP contribution is 2.23. The molecule has 5 rings (SSSR count). The summed E-state index contributed by atoms with van der Waals surface area (Å²) in [6.45, 7) is 3.26. The van der Waals surface area contributed by atoms with Crippen LogP contribution >= 0.6 is 0 Å². The molecule has 0 unspecified atom stereocenters. The highest BCUT2D eigenvalue weighted by Gasteiger charge is 2.33. The largest absolute Gasteiger partial charge is 0.337 e. The van der Waals surface area contributed by atoms with Crippen LogP contribution in [-0.2, 0) is 17.9 Å². The molecule has 9 heteroatoms. The molecule has 0 atom stereocenters. The van der Waals surface area contributed by atoms with Gasteiger partial charge in [-0.3, -0.25) is 9.59 Å². The summed E-state index contributed by atoms with van der Waals surface area (Å²) in [6, 6.07) is 7.84. The number of rotatable bonds is 6. The molecule has 0 aliphatic carbocycles.